The highest BCUT2D eigenvalue weighted by Gasteiger charge is 2.35. The van der Waals surface area contributed by atoms with Crippen LogP contribution in [0.15, 0.2) is 42.5 Å². The lowest BCUT2D eigenvalue weighted by molar-refractivity contribution is -0.127. The zero-order valence-electron chi connectivity index (χ0n) is 23.0. The molecular weight excluding hydrogens is 475 g/mol. The van der Waals surface area contributed by atoms with E-state index in [4.69, 9.17) is 11.6 Å². The summed E-state index contributed by atoms with van der Waals surface area (Å²) in [6, 6.07) is 12.2. The normalized spacial score (nSPS) is 13.3. The predicted octanol–water partition coefficient (Wildman–Crippen LogP) is 7.81. The van der Waals surface area contributed by atoms with Crippen molar-refractivity contribution in [2.75, 3.05) is 0 Å². The molecule has 0 heterocycles. The van der Waals surface area contributed by atoms with Gasteiger partial charge in [0.05, 0.1) is 11.5 Å². The van der Waals surface area contributed by atoms with Crippen LogP contribution in [0.5, 0.6) is 0 Å². The quantitative estimate of drug-likeness (QED) is 0.318. The average molecular weight is 519 g/mol. The van der Waals surface area contributed by atoms with E-state index in [2.05, 4.69) is 31.4 Å². The van der Waals surface area contributed by atoms with Gasteiger partial charge in [0.2, 0.25) is 11.8 Å². The number of rotatable bonds is 11. The van der Waals surface area contributed by atoms with E-state index in [-0.39, 0.29) is 23.7 Å². The summed E-state index contributed by atoms with van der Waals surface area (Å²) in [5, 5.41) is 6.72. The van der Waals surface area contributed by atoms with Gasteiger partial charge < -0.3 is 10.6 Å². The standard InChI is InChI=1S/C21H25ClFNO.C9H19NO/c1-5-12-21(4,17-8-11-19(22)14(2)13-17)20(25)24-15(3)16-6-9-18(23)10-7-16;1-4-6-9(7-5-2)10-8(3)11/h6-11,13,15H,5,12H2,1-4H3,(H,24,25);9H,4-7H2,1-3H3,(H,10,11). The van der Waals surface area contributed by atoms with Crippen molar-refractivity contribution in [2.45, 2.75) is 104 Å². The molecule has 0 radical (unpaired) electrons. The Morgan fingerprint density at radius 3 is 2.03 bits per heavy atom. The minimum Gasteiger partial charge on any atom is -0.354 e. The van der Waals surface area contributed by atoms with Gasteiger partial charge in [-0.3, -0.25) is 9.59 Å². The Balaban J connectivity index is 0.000000497. The molecule has 2 unspecified atom stereocenters. The Morgan fingerprint density at radius 2 is 1.56 bits per heavy atom. The van der Waals surface area contributed by atoms with Crippen molar-refractivity contribution in [2.24, 2.45) is 0 Å². The largest absolute Gasteiger partial charge is 0.354 e. The lowest BCUT2D eigenvalue weighted by atomic mass is 9.77. The third kappa shape index (κ3) is 9.93. The number of benzene rings is 2. The Labute approximate surface area is 222 Å². The van der Waals surface area contributed by atoms with Crippen molar-refractivity contribution in [3.05, 3.63) is 70.0 Å². The Kier molecular flexibility index (Phi) is 13.8. The molecule has 0 aliphatic carbocycles. The van der Waals surface area contributed by atoms with E-state index >= 15 is 0 Å². The number of carbonyl (C=O) groups excluding carboxylic acids is 2. The summed E-state index contributed by atoms with van der Waals surface area (Å²) < 4.78 is 13.1. The summed E-state index contributed by atoms with van der Waals surface area (Å²) in [6.45, 7) is 13.7. The summed E-state index contributed by atoms with van der Waals surface area (Å²) in [6.07, 6.45) is 6.11. The number of carbonyl (C=O) groups is 2. The average Bonchev–Trinajstić information content (AvgIpc) is 2.81. The Morgan fingerprint density at radius 1 is 0.972 bits per heavy atom. The van der Waals surface area contributed by atoms with Crippen LogP contribution in [0.2, 0.25) is 5.02 Å². The maximum atomic E-state index is 13.1. The monoisotopic (exact) mass is 518 g/mol. The molecule has 2 atom stereocenters. The third-order valence-electron chi connectivity index (χ3n) is 6.45. The van der Waals surface area contributed by atoms with Crippen LogP contribution in [-0.4, -0.2) is 17.9 Å². The SMILES string of the molecule is CCCC(C)(C(=O)NC(C)c1ccc(F)cc1)c1ccc(Cl)c(C)c1.CCCC(CCC)NC(C)=O. The number of amides is 2. The highest BCUT2D eigenvalue weighted by atomic mass is 35.5. The smallest absolute Gasteiger partial charge is 0.230 e. The van der Waals surface area contributed by atoms with Gasteiger partial charge in [-0.05, 0) is 74.9 Å². The zero-order valence-corrected chi connectivity index (χ0v) is 23.8. The van der Waals surface area contributed by atoms with Gasteiger partial charge in [0.1, 0.15) is 5.82 Å². The molecule has 0 spiro atoms. The summed E-state index contributed by atoms with van der Waals surface area (Å²) in [7, 11) is 0. The molecule has 0 saturated carbocycles. The van der Waals surface area contributed by atoms with Crippen LogP contribution in [0.25, 0.3) is 0 Å². The van der Waals surface area contributed by atoms with Gasteiger partial charge in [-0.2, -0.15) is 0 Å². The van der Waals surface area contributed by atoms with E-state index in [0.29, 0.717) is 11.1 Å². The molecule has 2 rings (SSSR count). The first-order valence-electron chi connectivity index (χ1n) is 13.1. The lowest BCUT2D eigenvalue weighted by Gasteiger charge is -2.31. The van der Waals surface area contributed by atoms with E-state index in [0.717, 1.165) is 55.2 Å². The molecule has 2 aromatic carbocycles. The van der Waals surface area contributed by atoms with E-state index in [1.54, 1.807) is 19.1 Å². The fraction of sp³-hybridized carbons (Fsp3) is 0.533. The lowest BCUT2D eigenvalue weighted by Crippen LogP contribution is -2.43. The van der Waals surface area contributed by atoms with E-state index in [1.807, 2.05) is 39.0 Å². The van der Waals surface area contributed by atoms with Crippen LogP contribution in [-0.2, 0) is 15.0 Å². The van der Waals surface area contributed by atoms with Crippen molar-refractivity contribution in [1.29, 1.82) is 0 Å². The van der Waals surface area contributed by atoms with Gasteiger partial charge in [0.15, 0.2) is 0 Å². The Bertz CT molecular complexity index is 958. The molecule has 36 heavy (non-hydrogen) atoms. The topological polar surface area (TPSA) is 58.2 Å². The number of nitrogens with one attached hydrogen (secondary N) is 2. The van der Waals surface area contributed by atoms with Crippen LogP contribution in [0.3, 0.4) is 0 Å². The molecule has 0 aromatic heterocycles. The molecule has 2 amide bonds. The van der Waals surface area contributed by atoms with Gasteiger partial charge in [0.25, 0.3) is 0 Å². The summed E-state index contributed by atoms with van der Waals surface area (Å²) >= 11 is 6.13. The summed E-state index contributed by atoms with van der Waals surface area (Å²) in [5.41, 5.74) is 2.15. The van der Waals surface area contributed by atoms with Crippen molar-refractivity contribution < 1.29 is 14.0 Å². The fourth-order valence-corrected chi connectivity index (χ4v) is 4.46. The van der Waals surface area contributed by atoms with Crippen LogP contribution >= 0.6 is 11.6 Å². The van der Waals surface area contributed by atoms with Crippen LogP contribution < -0.4 is 10.6 Å². The highest BCUT2D eigenvalue weighted by Crippen LogP contribution is 2.32. The van der Waals surface area contributed by atoms with Gasteiger partial charge >= 0.3 is 0 Å². The molecule has 6 heteroatoms. The van der Waals surface area contributed by atoms with Crippen LogP contribution in [0.1, 0.15) is 103 Å². The Hall–Kier alpha value is -2.40. The molecule has 0 bridgehead atoms. The van der Waals surface area contributed by atoms with Crippen LogP contribution in [0.4, 0.5) is 4.39 Å². The number of aryl methyl sites for hydroxylation is 1. The van der Waals surface area contributed by atoms with E-state index in [9.17, 15) is 14.0 Å². The van der Waals surface area contributed by atoms with E-state index in [1.165, 1.54) is 12.1 Å². The minimum atomic E-state index is -0.640. The molecule has 0 saturated heterocycles. The van der Waals surface area contributed by atoms with Gasteiger partial charge in [-0.15, -0.1) is 0 Å². The summed E-state index contributed by atoms with van der Waals surface area (Å²) in [5.74, 6) is -0.223. The minimum absolute atomic E-state index is 0.0344. The van der Waals surface area contributed by atoms with Crippen molar-refractivity contribution in [3.8, 4) is 0 Å². The highest BCUT2D eigenvalue weighted by molar-refractivity contribution is 6.31. The maximum absolute atomic E-state index is 13.1. The molecule has 0 aliphatic rings. The summed E-state index contributed by atoms with van der Waals surface area (Å²) in [4.78, 5) is 23.8. The van der Waals surface area contributed by atoms with E-state index < -0.39 is 5.41 Å². The van der Waals surface area contributed by atoms with Crippen molar-refractivity contribution in [3.63, 3.8) is 0 Å². The molecule has 200 valence electrons. The predicted molar refractivity (Wildman–Crippen MR) is 149 cm³/mol. The number of halogens is 2. The van der Waals surface area contributed by atoms with Crippen LogP contribution in [0, 0.1) is 12.7 Å². The second-order valence-electron chi connectivity index (χ2n) is 9.77. The number of hydrogen-bond acceptors (Lipinski definition) is 2. The second-order valence-corrected chi connectivity index (χ2v) is 10.2. The first-order chi connectivity index (χ1) is 17.0. The second kappa shape index (κ2) is 15.7. The van der Waals surface area contributed by atoms with Crippen molar-refractivity contribution >= 4 is 23.4 Å². The third-order valence-corrected chi connectivity index (χ3v) is 6.87. The molecular formula is C30H44ClFN2O2. The molecule has 4 nitrogen and oxygen atoms in total. The first-order valence-corrected chi connectivity index (χ1v) is 13.5. The first kappa shape index (κ1) is 31.6. The maximum Gasteiger partial charge on any atom is 0.230 e. The molecule has 2 N–H and O–H groups in total. The fourth-order valence-electron chi connectivity index (χ4n) is 4.34. The van der Waals surface area contributed by atoms with Gasteiger partial charge in [-0.25, -0.2) is 4.39 Å². The number of hydrogen-bond donors (Lipinski definition) is 2. The molecule has 0 aliphatic heterocycles. The molecule has 0 fully saturated rings. The van der Waals surface area contributed by atoms with Gasteiger partial charge in [0, 0.05) is 18.0 Å². The molecule has 2 aromatic rings. The van der Waals surface area contributed by atoms with Gasteiger partial charge in [-0.1, -0.05) is 75.9 Å². The van der Waals surface area contributed by atoms with Crippen molar-refractivity contribution in [1.82, 2.24) is 10.6 Å². The zero-order chi connectivity index (χ0) is 27.3.